The van der Waals surface area contributed by atoms with Gasteiger partial charge in [-0.1, -0.05) is 0 Å². The maximum absolute atomic E-state index is 8.80. The summed E-state index contributed by atoms with van der Waals surface area (Å²) in [5, 5.41) is 8.80. The van der Waals surface area contributed by atoms with E-state index in [-0.39, 0.29) is 0 Å². The summed E-state index contributed by atoms with van der Waals surface area (Å²) in [5.41, 5.74) is 4.17. The van der Waals surface area contributed by atoms with E-state index in [1.165, 1.54) is 5.56 Å². The highest BCUT2D eigenvalue weighted by atomic mass is 16.6. The highest BCUT2D eigenvalue weighted by Crippen LogP contribution is 2.16. The van der Waals surface area contributed by atoms with Crippen molar-refractivity contribution in [1.82, 2.24) is 0 Å². The lowest BCUT2D eigenvalue weighted by molar-refractivity contribution is 0.141. The number of rotatable bonds is 3. The predicted octanol–water partition coefficient (Wildman–Crippen LogP) is 1.61. The summed E-state index contributed by atoms with van der Waals surface area (Å²) in [4.78, 5) is 4.53. The van der Waals surface area contributed by atoms with Crippen molar-refractivity contribution < 1.29 is 4.84 Å². The molecule has 3 nitrogen and oxygen atoms in total. The molecule has 0 aliphatic heterocycles. The fourth-order valence-corrected chi connectivity index (χ4v) is 1.43. The zero-order valence-electron chi connectivity index (χ0n) is 8.50. The van der Waals surface area contributed by atoms with Crippen LogP contribution < -0.4 is 5.90 Å². The van der Waals surface area contributed by atoms with Crippen molar-refractivity contribution in [3.8, 4) is 6.07 Å². The molecule has 0 bridgehead atoms. The molecule has 0 atom stereocenters. The molecule has 14 heavy (non-hydrogen) atoms. The largest absolute Gasteiger partial charge is 0.304 e. The van der Waals surface area contributed by atoms with E-state index in [1.54, 1.807) is 0 Å². The van der Waals surface area contributed by atoms with Crippen LogP contribution in [0.4, 0.5) is 0 Å². The van der Waals surface area contributed by atoms with Crippen molar-refractivity contribution in [3.05, 3.63) is 34.4 Å². The monoisotopic (exact) mass is 190 g/mol. The molecule has 0 radical (unpaired) electrons. The van der Waals surface area contributed by atoms with E-state index in [9.17, 15) is 0 Å². The van der Waals surface area contributed by atoms with Gasteiger partial charge in [-0.25, -0.2) is 5.90 Å². The number of nitrogens with two attached hydrogens (primary N) is 1. The predicted molar refractivity (Wildman–Crippen MR) is 54.5 cm³/mol. The molecule has 1 aromatic carbocycles. The summed E-state index contributed by atoms with van der Waals surface area (Å²) in [7, 11) is 0. The molecule has 0 spiro atoms. The maximum Gasteiger partial charge on any atom is 0.0991 e. The third-order valence-corrected chi connectivity index (χ3v) is 2.39. The summed E-state index contributed by atoms with van der Waals surface area (Å²) < 4.78 is 0. The van der Waals surface area contributed by atoms with Gasteiger partial charge in [0.15, 0.2) is 0 Å². The molecule has 0 amide bonds. The van der Waals surface area contributed by atoms with E-state index in [0.29, 0.717) is 12.2 Å². The number of hydrogen-bond donors (Lipinski definition) is 1. The molecule has 2 N–H and O–H groups in total. The summed E-state index contributed by atoms with van der Waals surface area (Å²) in [6.07, 6.45) is 0.749. The molecule has 0 saturated heterocycles. The minimum absolute atomic E-state index is 0.481. The van der Waals surface area contributed by atoms with Crippen LogP contribution in [0, 0.1) is 25.2 Å². The smallest absolute Gasteiger partial charge is 0.0991 e. The molecule has 0 aliphatic rings. The zero-order chi connectivity index (χ0) is 10.6. The highest BCUT2D eigenvalue weighted by molar-refractivity contribution is 5.42. The van der Waals surface area contributed by atoms with Crippen LogP contribution in [0.5, 0.6) is 0 Å². The summed E-state index contributed by atoms with van der Waals surface area (Å²) in [6.45, 7) is 4.53. The molecule has 0 fully saturated rings. The minimum atomic E-state index is 0.481. The molecule has 1 rings (SSSR count). The average Bonchev–Trinajstić information content (AvgIpc) is 2.20. The van der Waals surface area contributed by atoms with Crippen LogP contribution in [-0.4, -0.2) is 6.61 Å². The van der Waals surface area contributed by atoms with E-state index in [4.69, 9.17) is 11.2 Å². The van der Waals surface area contributed by atoms with Gasteiger partial charge in [-0.15, -0.1) is 0 Å². The van der Waals surface area contributed by atoms with Gasteiger partial charge in [0, 0.05) is 0 Å². The number of nitrogens with zero attached hydrogens (tertiary/aromatic N) is 1. The van der Waals surface area contributed by atoms with Crippen molar-refractivity contribution >= 4 is 0 Å². The number of aryl methyl sites for hydroxylation is 1. The summed E-state index contributed by atoms with van der Waals surface area (Å²) >= 11 is 0. The van der Waals surface area contributed by atoms with Crippen LogP contribution in [0.3, 0.4) is 0 Å². The molecule has 0 aliphatic carbocycles. The summed E-state index contributed by atoms with van der Waals surface area (Å²) in [5.74, 6) is 4.97. The number of hydrogen-bond acceptors (Lipinski definition) is 3. The first-order chi connectivity index (χ1) is 6.69. The second-order valence-corrected chi connectivity index (χ2v) is 3.31. The Hall–Kier alpha value is -1.37. The molecular formula is C11H14N2O. The van der Waals surface area contributed by atoms with E-state index in [2.05, 4.69) is 10.9 Å². The standard InChI is InChI=1S/C11H14N2O/c1-8-5-10(7-12)6-11(9(8)2)3-4-14-13/h5-6H,3-4,13H2,1-2H3. The SMILES string of the molecule is Cc1cc(C#N)cc(CCON)c1C. The molecule has 0 heterocycles. The van der Waals surface area contributed by atoms with Crippen molar-refractivity contribution in [2.75, 3.05) is 6.61 Å². The topological polar surface area (TPSA) is 59.0 Å². The lowest BCUT2D eigenvalue weighted by Crippen LogP contribution is -2.05. The fourth-order valence-electron chi connectivity index (χ4n) is 1.43. The Balaban J connectivity index is 3.02. The van der Waals surface area contributed by atoms with Crippen LogP contribution in [-0.2, 0) is 11.3 Å². The van der Waals surface area contributed by atoms with Gasteiger partial charge in [0.1, 0.15) is 0 Å². The van der Waals surface area contributed by atoms with Gasteiger partial charge in [0.2, 0.25) is 0 Å². The lowest BCUT2D eigenvalue weighted by Gasteiger charge is -2.08. The first kappa shape index (κ1) is 10.7. The highest BCUT2D eigenvalue weighted by Gasteiger charge is 2.03. The molecule has 3 heteroatoms. The van der Waals surface area contributed by atoms with Gasteiger partial charge in [-0.3, -0.25) is 0 Å². The Labute approximate surface area is 84.1 Å². The second kappa shape index (κ2) is 4.75. The van der Waals surface area contributed by atoms with Crippen LogP contribution in [0.1, 0.15) is 22.3 Å². The Morgan fingerprint density at radius 1 is 1.43 bits per heavy atom. The molecular weight excluding hydrogens is 176 g/mol. The third-order valence-electron chi connectivity index (χ3n) is 2.39. The second-order valence-electron chi connectivity index (χ2n) is 3.31. The van der Waals surface area contributed by atoms with Gasteiger partial charge in [0.25, 0.3) is 0 Å². The van der Waals surface area contributed by atoms with Gasteiger partial charge in [-0.05, 0) is 49.1 Å². The van der Waals surface area contributed by atoms with Crippen LogP contribution in [0.25, 0.3) is 0 Å². The van der Waals surface area contributed by atoms with E-state index < -0.39 is 0 Å². The molecule has 0 aromatic heterocycles. The first-order valence-electron chi connectivity index (χ1n) is 4.51. The third kappa shape index (κ3) is 2.32. The number of benzene rings is 1. The quantitative estimate of drug-likeness (QED) is 0.736. The fraction of sp³-hybridized carbons (Fsp3) is 0.364. The van der Waals surface area contributed by atoms with Crippen molar-refractivity contribution in [3.63, 3.8) is 0 Å². The van der Waals surface area contributed by atoms with Gasteiger partial charge >= 0.3 is 0 Å². The molecule has 0 saturated carbocycles. The normalized spacial score (nSPS) is 9.86. The minimum Gasteiger partial charge on any atom is -0.304 e. The van der Waals surface area contributed by atoms with Crippen LogP contribution in [0.15, 0.2) is 12.1 Å². The van der Waals surface area contributed by atoms with Crippen molar-refractivity contribution in [2.24, 2.45) is 5.90 Å². The van der Waals surface area contributed by atoms with Crippen molar-refractivity contribution in [2.45, 2.75) is 20.3 Å². The molecule has 1 aromatic rings. The summed E-state index contributed by atoms with van der Waals surface area (Å²) in [6, 6.07) is 5.92. The van der Waals surface area contributed by atoms with Crippen LogP contribution in [0.2, 0.25) is 0 Å². The van der Waals surface area contributed by atoms with Gasteiger partial charge in [0.05, 0.1) is 18.2 Å². The maximum atomic E-state index is 8.80. The van der Waals surface area contributed by atoms with Gasteiger partial charge in [-0.2, -0.15) is 5.26 Å². The zero-order valence-corrected chi connectivity index (χ0v) is 8.50. The lowest BCUT2D eigenvalue weighted by atomic mass is 9.98. The Bertz CT molecular complexity index is 366. The number of nitriles is 1. The van der Waals surface area contributed by atoms with E-state index in [1.807, 2.05) is 26.0 Å². The Morgan fingerprint density at radius 2 is 2.14 bits per heavy atom. The average molecular weight is 190 g/mol. The first-order valence-corrected chi connectivity index (χ1v) is 4.51. The Morgan fingerprint density at radius 3 is 2.71 bits per heavy atom. The van der Waals surface area contributed by atoms with E-state index >= 15 is 0 Å². The molecule has 74 valence electrons. The van der Waals surface area contributed by atoms with E-state index in [0.717, 1.165) is 17.5 Å². The molecule has 0 unspecified atom stereocenters. The van der Waals surface area contributed by atoms with Crippen LogP contribution >= 0.6 is 0 Å². The van der Waals surface area contributed by atoms with Crippen molar-refractivity contribution in [1.29, 1.82) is 5.26 Å². The Kier molecular flexibility index (Phi) is 3.63. The van der Waals surface area contributed by atoms with Gasteiger partial charge < -0.3 is 4.84 Å².